The molecule has 1 N–H and O–H groups in total. The number of fused-ring (bicyclic) bond motifs is 3. The lowest BCUT2D eigenvalue weighted by Crippen LogP contribution is -2.56. The van der Waals surface area contributed by atoms with Crippen molar-refractivity contribution >= 4 is 5.82 Å². The number of aliphatic hydroxyl groups is 1. The molecule has 6 atom stereocenters. The number of rotatable bonds is 7. The maximum Gasteiger partial charge on any atom is 0.381 e. The first-order valence-corrected chi connectivity index (χ1v) is 10.2. The number of hydrogen-bond donors (Lipinski definition) is 1. The zero-order valence-corrected chi connectivity index (χ0v) is 18.2. The van der Waals surface area contributed by atoms with Gasteiger partial charge in [-0.2, -0.15) is 0 Å². The van der Waals surface area contributed by atoms with Crippen LogP contribution in [-0.2, 0) is 35.0 Å². The molecule has 0 amide bonds. The smallest absolute Gasteiger partial charge is 0.381 e. The van der Waals surface area contributed by atoms with Gasteiger partial charge in [-0.15, -0.1) is 0 Å². The summed E-state index contributed by atoms with van der Waals surface area (Å²) in [7, 11) is 0. The molecular weight excluding hydrogens is 414 g/mol. The summed E-state index contributed by atoms with van der Waals surface area (Å²) in [4.78, 5) is 14.1. The molecular formula is C19H29N3O9. The van der Waals surface area contributed by atoms with Crippen LogP contribution in [0.5, 0.6) is 0 Å². The van der Waals surface area contributed by atoms with E-state index in [2.05, 4.69) is 4.98 Å². The average molecular weight is 443 g/mol. The van der Waals surface area contributed by atoms with E-state index in [1.54, 1.807) is 6.92 Å². The summed E-state index contributed by atoms with van der Waals surface area (Å²) in [5.41, 5.74) is 0. The van der Waals surface area contributed by atoms with Gasteiger partial charge in [0.25, 0.3) is 0 Å². The van der Waals surface area contributed by atoms with E-state index in [1.165, 1.54) is 10.8 Å². The van der Waals surface area contributed by atoms with E-state index in [4.69, 9.17) is 28.4 Å². The number of aromatic nitrogens is 2. The van der Waals surface area contributed by atoms with Gasteiger partial charge in [0.05, 0.1) is 25.9 Å². The van der Waals surface area contributed by atoms with Crippen LogP contribution in [0.15, 0.2) is 6.20 Å². The van der Waals surface area contributed by atoms with Crippen molar-refractivity contribution in [2.45, 2.75) is 89.5 Å². The van der Waals surface area contributed by atoms with E-state index in [0.717, 1.165) is 0 Å². The Bertz CT molecular complexity index is 827. The van der Waals surface area contributed by atoms with E-state index in [1.807, 2.05) is 27.7 Å². The maximum absolute atomic E-state index is 10.8. The van der Waals surface area contributed by atoms with Crippen molar-refractivity contribution in [3.63, 3.8) is 0 Å². The summed E-state index contributed by atoms with van der Waals surface area (Å²) in [6, 6.07) is 0. The van der Waals surface area contributed by atoms with Gasteiger partial charge in [0.15, 0.2) is 17.9 Å². The minimum absolute atomic E-state index is 0.00383. The number of ether oxygens (including phenoxy) is 6. The first kappa shape index (κ1) is 22.5. The van der Waals surface area contributed by atoms with Gasteiger partial charge >= 0.3 is 5.82 Å². The predicted molar refractivity (Wildman–Crippen MR) is 103 cm³/mol. The highest BCUT2D eigenvalue weighted by molar-refractivity contribution is 5.16. The second-order valence-corrected chi connectivity index (χ2v) is 8.95. The van der Waals surface area contributed by atoms with Crippen molar-refractivity contribution in [2.75, 3.05) is 13.2 Å². The van der Waals surface area contributed by atoms with Crippen molar-refractivity contribution in [3.8, 4) is 0 Å². The molecule has 1 aromatic heterocycles. The molecule has 3 fully saturated rings. The Labute approximate surface area is 179 Å². The number of hydrogen-bond acceptors (Lipinski definition) is 10. The lowest BCUT2D eigenvalue weighted by molar-refractivity contribution is -0.389. The molecule has 0 saturated carbocycles. The lowest BCUT2D eigenvalue weighted by Gasteiger charge is -2.37. The standard InChI is InChI=1S/C19H29N3O9/c1-10-20-13(22(24)25)7-21(10)6-11(23)8-26-9-12-14-15(29-18(2,3)28-14)16-17(27-12)31-19(4,5)30-16/h7,11-12,14-17,23H,6,8-9H2,1-5H3/t11?,12-,14+,15+,16-,17-/m1/s1. The number of aryl methyl sites for hydroxylation is 1. The second kappa shape index (κ2) is 8.03. The van der Waals surface area contributed by atoms with Crippen LogP contribution in [0.4, 0.5) is 5.82 Å². The molecule has 31 heavy (non-hydrogen) atoms. The van der Waals surface area contributed by atoms with Crippen LogP contribution in [0.1, 0.15) is 33.5 Å². The molecule has 1 unspecified atom stereocenters. The number of imidazole rings is 1. The molecule has 0 bridgehead atoms. The van der Waals surface area contributed by atoms with Crippen molar-refractivity contribution < 1.29 is 38.5 Å². The summed E-state index contributed by atoms with van der Waals surface area (Å²) in [6.45, 7) is 9.19. The zero-order chi connectivity index (χ0) is 22.6. The number of nitro groups is 1. The van der Waals surface area contributed by atoms with Gasteiger partial charge < -0.3 is 48.2 Å². The van der Waals surface area contributed by atoms with Crippen LogP contribution in [0.25, 0.3) is 0 Å². The SMILES string of the molecule is Cc1nc([N+](=O)[O-])cn1CC(O)COC[C@H]1O[C@@H]2OC(C)(C)O[C@@H]2[C@H]2OC(C)(C)O[C@H]21. The van der Waals surface area contributed by atoms with Gasteiger partial charge in [-0.25, -0.2) is 0 Å². The fraction of sp³-hybridized carbons (Fsp3) is 0.842. The van der Waals surface area contributed by atoms with E-state index >= 15 is 0 Å². The van der Waals surface area contributed by atoms with Crippen molar-refractivity contribution in [1.82, 2.24) is 9.55 Å². The Morgan fingerprint density at radius 1 is 1.19 bits per heavy atom. The quantitative estimate of drug-likeness (QED) is 0.477. The van der Waals surface area contributed by atoms with Crippen LogP contribution >= 0.6 is 0 Å². The van der Waals surface area contributed by atoms with Crippen LogP contribution < -0.4 is 0 Å². The fourth-order valence-corrected chi connectivity index (χ4v) is 4.19. The van der Waals surface area contributed by atoms with Gasteiger partial charge in [0, 0.05) is 6.92 Å². The van der Waals surface area contributed by atoms with Crippen LogP contribution in [0, 0.1) is 17.0 Å². The van der Waals surface area contributed by atoms with E-state index in [9.17, 15) is 15.2 Å². The molecule has 0 radical (unpaired) electrons. The average Bonchev–Trinajstić information content (AvgIpc) is 3.27. The Hall–Kier alpha value is -1.67. The molecule has 4 heterocycles. The third-order valence-electron chi connectivity index (χ3n) is 5.40. The van der Waals surface area contributed by atoms with Crippen molar-refractivity contribution in [3.05, 3.63) is 22.1 Å². The Balaban J connectivity index is 1.34. The van der Waals surface area contributed by atoms with Gasteiger partial charge in [-0.3, -0.25) is 0 Å². The highest BCUT2D eigenvalue weighted by Crippen LogP contribution is 2.44. The molecule has 174 valence electrons. The summed E-state index contributed by atoms with van der Waals surface area (Å²) < 4.78 is 37.2. The van der Waals surface area contributed by atoms with Gasteiger partial charge in [-0.05, 0) is 37.6 Å². The molecule has 12 heteroatoms. The van der Waals surface area contributed by atoms with Crippen LogP contribution in [0.3, 0.4) is 0 Å². The Morgan fingerprint density at radius 2 is 1.84 bits per heavy atom. The van der Waals surface area contributed by atoms with Gasteiger partial charge in [-0.1, -0.05) is 0 Å². The van der Waals surface area contributed by atoms with E-state index < -0.39 is 47.2 Å². The van der Waals surface area contributed by atoms with Crippen molar-refractivity contribution in [1.29, 1.82) is 0 Å². The normalized spacial score (nSPS) is 34.3. The number of nitrogens with zero attached hydrogens (tertiary/aromatic N) is 3. The second-order valence-electron chi connectivity index (χ2n) is 8.95. The van der Waals surface area contributed by atoms with Crippen molar-refractivity contribution in [2.24, 2.45) is 0 Å². The Morgan fingerprint density at radius 3 is 2.52 bits per heavy atom. The molecule has 0 aliphatic carbocycles. The van der Waals surface area contributed by atoms with E-state index in [-0.39, 0.29) is 31.7 Å². The zero-order valence-electron chi connectivity index (χ0n) is 18.2. The molecule has 0 aromatic carbocycles. The highest BCUT2D eigenvalue weighted by atomic mass is 16.9. The lowest BCUT2D eigenvalue weighted by atomic mass is 9.99. The number of aliphatic hydroxyl groups excluding tert-OH is 1. The summed E-state index contributed by atoms with van der Waals surface area (Å²) in [5.74, 6) is -1.41. The molecule has 3 aliphatic heterocycles. The Kier molecular flexibility index (Phi) is 5.83. The molecule has 3 aliphatic rings. The summed E-state index contributed by atoms with van der Waals surface area (Å²) in [5, 5.41) is 21.2. The topological polar surface area (TPSA) is 137 Å². The molecule has 0 spiro atoms. The largest absolute Gasteiger partial charge is 0.389 e. The first-order chi connectivity index (χ1) is 14.4. The molecule has 1 aromatic rings. The first-order valence-electron chi connectivity index (χ1n) is 10.2. The maximum atomic E-state index is 10.8. The minimum atomic E-state index is -0.887. The summed E-state index contributed by atoms with van der Waals surface area (Å²) in [6.07, 6.45) is -1.88. The summed E-state index contributed by atoms with van der Waals surface area (Å²) >= 11 is 0. The van der Waals surface area contributed by atoms with E-state index in [0.29, 0.717) is 5.82 Å². The molecule has 12 nitrogen and oxygen atoms in total. The predicted octanol–water partition coefficient (Wildman–Crippen LogP) is 0.874. The third-order valence-corrected chi connectivity index (χ3v) is 5.40. The fourth-order valence-electron chi connectivity index (χ4n) is 4.19. The van der Waals surface area contributed by atoms with Gasteiger partial charge in [0.2, 0.25) is 5.82 Å². The molecule has 4 rings (SSSR count). The monoisotopic (exact) mass is 443 g/mol. The third kappa shape index (κ3) is 4.75. The molecule has 3 saturated heterocycles. The van der Waals surface area contributed by atoms with Crippen LogP contribution in [-0.4, -0.2) is 81.2 Å². The van der Waals surface area contributed by atoms with Crippen LogP contribution in [0.2, 0.25) is 0 Å². The highest BCUT2D eigenvalue weighted by Gasteiger charge is 2.60. The van der Waals surface area contributed by atoms with Gasteiger partial charge in [0.1, 0.15) is 30.6 Å². The minimum Gasteiger partial charge on any atom is -0.389 e.